The quantitative estimate of drug-likeness (QED) is 0.518. The molecule has 0 spiro atoms. The van der Waals surface area contributed by atoms with Gasteiger partial charge in [-0.3, -0.25) is 4.58 Å². The highest BCUT2D eigenvalue weighted by atomic mass is 32.2. The lowest BCUT2D eigenvalue weighted by Crippen LogP contribution is -2.36. The van der Waals surface area contributed by atoms with Crippen molar-refractivity contribution in [1.82, 2.24) is 4.72 Å². The van der Waals surface area contributed by atoms with Gasteiger partial charge in [0.05, 0.1) is 26.3 Å². The van der Waals surface area contributed by atoms with Crippen LogP contribution in [-0.2, 0) is 10.0 Å². The third kappa shape index (κ3) is 4.32. The van der Waals surface area contributed by atoms with E-state index >= 15 is 0 Å². The molecule has 2 aromatic rings. The van der Waals surface area contributed by atoms with Gasteiger partial charge >= 0.3 is 10.0 Å². The van der Waals surface area contributed by atoms with Crippen LogP contribution in [0.4, 0.5) is 0 Å². The van der Waals surface area contributed by atoms with E-state index in [0.717, 1.165) is 5.56 Å². The average Bonchev–Trinajstić information content (AvgIpc) is 2.54. The van der Waals surface area contributed by atoms with Gasteiger partial charge in [0.2, 0.25) is 0 Å². The average molecular weight is 333 g/mol. The fraction of sp³-hybridized carbons (Fsp3) is 0.235. The Morgan fingerprint density at radius 2 is 1.65 bits per heavy atom. The van der Waals surface area contributed by atoms with Crippen molar-refractivity contribution >= 4 is 15.9 Å². The zero-order valence-electron chi connectivity index (χ0n) is 13.5. The first-order valence-electron chi connectivity index (χ1n) is 7.29. The first-order chi connectivity index (χ1) is 10.9. The van der Waals surface area contributed by atoms with Gasteiger partial charge in [-0.2, -0.15) is 13.1 Å². The molecule has 0 aliphatic heterocycles. The maximum Gasteiger partial charge on any atom is 0.328 e. The maximum atomic E-state index is 12.6. The zero-order chi connectivity index (χ0) is 16.9. The topological polar surface area (TPSA) is 58.4 Å². The molecule has 23 heavy (non-hydrogen) atoms. The van der Waals surface area contributed by atoms with Crippen molar-refractivity contribution in [2.24, 2.45) is 0 Å². The van der Waals surface area contributed by atoms with Crippen LogP contribution in [0.1, 0.15) is 12.5 Å². The smallest absolute Gasteiger partial charge is 0.328 e. The highest BCUT2D eigenvalue weighted by Crippen LogP contribution is 2.16. The fourth-order valence-corrected chi connectivity index (χ4v) is 3.24. The molecule has 0 aliphatic carbocycles. The third-order valence-corrected chi connectivity index (χ3v) is 4.53. The van der Waals surface area contributed by atoms with Crippen LogP contribution < -0.4 is 9.46 Å². The van der Waals surface area contributed by atoms with Gasteiger partial charge in [0.25, 0.3) is 5.84 Å². The summed E-state index contributed by atoms with van der Waals surface area (Å²) in [4.78, 5) is 0.191. The Balaban J connectivity index is 2.30. The van der Waals surface area contributed by atoms with Crippen molar-refractivity contribution in [3.63, 3.8) is 0 Å². The monoisotopic (exact) mass is 333 g/mol. The number of benzene rings is 2. The van der Waals surface area contributed by atoms with Crippen LogP contribution in [0.5, 0.6) is 5.75 Å². The summed E-state index contributed by atoms with van der Waals surface area (Å²) in [7, 11) is -0.0793. The second-order valence-electron chi connectivity index (χ2n) is 5.12. The van der Waals surface area contributed by atoms with E-state index in [1.807, 2.05) is 37.3 Å². The van der Waals surface area contributed by atoms with E-state index in [2.05, 4.69) is 4.72 Å². The second kappa shape index (κ2) is 7.28. The Morgan fingerprint density at radius 3 is 2.17 bits per heavy atom. The lowest BCUT2D eigenvalue weighted by atomic mass is 10.2. The molecule has 0 aromatic heterocycles. The van der Waals surface area contributed by atoms with Crippen LogP contribution in [0.25, 0.3) is 0 Å². The van der Waals surface area contributed by atoms with Crippen LogP contribution >= 0.6 is 0 Å². The predicted molar refractivity (Wildman–Crippen MR) is 90.6 cm³/mol. The second-order valence-corrected chi connectivity index (χ2v) is 6.80. The summed E-state index contributed by atoms with van der Waals surface area (Å²) in [6.07, 6.45) is 0. The number of hydrogen-bond donors (Lipinski definition) is 1. The minimum absolute atomic E-state index is 0.191. The molecule has 0 bridgehead atoms. The van der Waals surface area contributed by atoms with E-state index in [-0.39, 0.29) is 4.90 Å². The number of nitrogens with one attached hydrogen (secondary N) is 1. The van der Waals surface area contributed by atoms with Crippen molar-refractivity contribution in [3.8, 4) is 5.75 Å². The Morgan fingerprint density at radius 1 is 1.04 bits per heavy atom. The molecule has 5 nitrogen and oxygen atoms in total. The molecule has 2 rings (SSSR count). The molecule has 1 N–H and O–H groups in total. The third-order valence-electron chi connectivity index (χ3n) is 3.17. The van der Waals surface area contributed by atoms with Crippen molar-refractivity contribution < 1.29 is 17.7 Å². The van der Waals surface area contributed by atoms with Gasteiger partial charge in [0.15, 0.2) is 0 Å². The number of ether oxygens (including phenoxy) is 1. The summed E-state index contributed by atoms with van der Waals surface area (Å²) >= 11 is 0. The van der Waals surface area contributed by atoms with Crippen LogP contribution in [-0.4, -0.2) is 39.5 Å². The number of rotatable bonds is 5. The summed E-state index contributed by atoms with van der Waals surface area (Å²) in [5.41, 5.74) is 0.798. The lowest BCUT2D eigenvalue weighted by Gasteiger charge is -2.08. The molecule has 122 valence electrons. The first kappa shape index (κ1) is 17.0. The summed E-state index contributed by atoms with van der Waals surface area (Å²) in [5.74, 6) is 1.16. The molecule has 0 saturated heterocycles. The largest absolute Gasteiger partial charge is 0.494 e. The number of nitrogens with zero attached hydrogens (tertiary/aromatic N) is 1. The fourth-order valence-electron chi connectivity index (χ4n) is 2.07. The molecule has 0 amide bonds. The van der Waals surface area contributed by atoms with Gasteiger partial charge in [-0.05, 0) is 43.3 Å². The maximum absolute atomic E-state index is 12.6. The van der Waals surface area contributed by atoms with E-state index in [4.69, 9.17) is 4.74 Å². The Kier molecular flexibility index (Phi) is 5.39. The van der Waals surface area contributed by atoms with E-state index in [0.29, 0.717) is 18.2 Å². The van der Waals surface area contributed by atoms with Crippen LogP contribution in [0.2, 0.25) is 0 Å². The molecule has 0 unspecified atom stereocenters. The molecule has 0 aliphatic rings. The molecule has 0 fully saturated rings. The van der Waals surface area contributed by atoms with E-state index in [1.54, 1.807) is 30.8 Å². The molecular weight excluding hydrogens is 312 g/mol. The van der Waals surface area contributed by atoms with Crippen molar-refractivity contribution in [2.45, 2.75) is 11.8 Å². The molecule has 0 atom stereocenters. The zero-order valence-corrected chi connectivity index (χ0v) is 14.3. The number of hydrogen-bond acceptors (Lipinski definition) is 3. The molecule has 0 heterocycles. The molecule has 0 radical (unpaired) electrons. The molecule has 6 heteroatoms. The van der Waals surface area contributed by atoms with Crippen molar-refractivity contribution in [2.75, 3.05) is 20.7 Å². The van der Waals surface area contributed by atoms with Gasteiger partial charge in [0, 0.05) is 0 Å². The molecule has 0 saturated carbocycles. The number of amidine groups is 1. The van der Waals surface area contributed by atoms with Gasteiger partial charge in [-0.15, -0.1) is 0 Å². The van der Waals surface area contributed by atoms with Gasteiger partial charge < -0.3 is 4.74 Å². The minimum Gasteiger partial charge on any atom is -0.494 e. The van der Waals surface area contributed by atoms with Crippen LogP contribution in [0.15, 0.2) is 59.5 Å². The lowest BCUT2D eigenvalue weighted by molar-refractivity contribution is -0.465. The standard InChI is InChI=1S/C17H20N2O3S/c1-4-22-15-10-12-16(13-11-15)23(20,21)18-17(19(2)3)14-8-6-5-7-9-14/h5-13H,4H2,1-3H3/p+1. The first-order valence-corrected chi connectivity index (χ1v) is 8.77. The van der Waals surface area contributed by atoms with E-state index in [9.17, 15) is 8.42 Å². The Hall–Kier alpha value is -2.34. The number of sulfonamides is 1. The summed E-state index contributed by atoms with van der Waals surface area (Å²) in [6, 6.07) is 15.7. The SMILES string of the molecule is CCOc1ccc(S(=O)(=O)NC(c2ccccc2)=[N+](C)C)cc1. The summed E-state index contributed by atoms with van der Waals surface area (Å²) in [6.45, 7) is 2.42. The van der Waals surface area contributed by atoms with E-state index in [1.165, 1.54) is 12.1 Å². The normalized spacial score (nSPS) is 10.9. The minimum atomic E-state index is -3.67. The highest BCUT2D eigenvalue weighted by molar-refractivity contribution is 7.90. The summed E-state index contributed by atoms with van der Waals surface area (Å²) in [5, 5.41) is 0. The van der Waals surface area contributed by atoms with Gasteiger partial charge in [0.1, 0.15) is 10.6 Å². The molecular formula is C17H21N2O3S+. The van der Waals surface area contributed by atoms with Gasteiger partial charge in [-0.1, -0.05) is 18.2 Å². The predicted octanol–water partition coefficient (Wildman–Crippen LogP) is 2.08. The van der Waals surface area contributed by atoms with E-state index < -0.39 is 10.0 Å². The van der Waals surface area contributed by atoms with Crippen LogP contribution in [0, 0.1) is 0 Å². The Labute approximate surface area is 137 Å². The van der Waals surface area contributed by atoms with Crippen LogP contribution in [0.3, 0.4) is 0 Å². The summed E-state index contributed by atoms with van der Waals surface area (Å²) < 4.78 is 34.9. The van der Waals surface area contributed by atoms with Crippen molar-refractivity contribution in [3.05, 3.63) is 60.2 Å². The highest BCUT2D eigenvalue weighted by Gasteiger charge is 2.24. The van der Waals surface area contributed by atoms with Crippen molar-refractivity contribution in [1.29, 1.82) is 0 Å². The van der Waals surface area contributed by atoms with Gasteiger partial charge in [-0.25, -0.2) is 0 Å². The Bertz CT molecular complexity index is 778. The molecule has 2 aromatic carbocycles.